The molecule has 6 heteroatoms. The summed E-state index contributed by atoms with van der Waals surface area (Å²) in [5, 5.41) is 9.34. The van der Waals surface area contributed by atoms with Crippen LogP contribution in [0, 0.1) is 5.41 Å². The van der Waals surface area contributed by atoms with Crippen molar-refractivity contribution in [3.63, 3.8) is 0 Å². The number of hydrogen-bond acceptors (Lipinski definition) is 4. The van der Waals surface area contributed by atoms with Crippen LogP contribution in [0.5, 0.6) is 0 Å². The number of hydrogen-bond donors (Lipinski definition) is 1. The molecule has 2 aliphatic heterocycles. The molecule has 0 aromatic heterocycles. The van der Waals surface area contributed by atoms with Gasteiger partial charge in [-0.25, -0.2) is 4.79 Å². The first-order valence-electron chi connectivity index (χ1n) is 6.38. The number of methoxy groups -OCH3 is 1. The third-order valence-electron chi connectivity index (χ3n) is 3.83. The Kier molecular flexibility index (Phi) is 3.04. The lowest BCUT2D eigenvalue weighted by molar-refractivity contribution is -0.217. The fraction of sp³-hybridized carbons (Fsp3) is 0.846. The van der Waals surface area contributed by atoms with Crippen molar-refractivity contribution in [3.8, 4) is 0 Å². The van der Waals surface area contributed by atoms with Crippen molar-refractivity contribution >= 4 is 12.1 Å². The van der Waals surface area contributed by atoms with Gasteiger partial charge in [0.1, 0.15) is 5.60 Å². The lowest BCUT2D eigenvalue weighted by Gasteiger charge is -2.60. The molecule has 0 aromatic carbocycles. The molecule has 2 heterocycles. The molecule has 2 saturated heterocycles. The van der Waals surface area contributed by atoms with Crippen LogP contribution in [-0.2, 0) is 14.3 Å². The molecule has 3 aliphatic rings. The van der Waals surface area contributed by atoms with Gasteiger partial charge in [-0.1, -0.05) is 0 Å². The SMILES string of the molecule is COC12CN(C(=O)OC(C)(C)C)CC(C(=O)O)(C1)C2. The average Bonchev–Trinajstić information content (AvgIpc) is 2.25. The molecular formula is C13H21NO5. The highest BCUT2D eigenvalue weighted by Crippen LogP contribution is 2.55. The van der Waals surface area contributed by atoms with Gasteiger partial charge in [0, 0.05) is 13.7 Å². The maximum Gasteiger partial charge on any atom is 0.410 e. The highest BCUT2D eigenvalue weighted by atomic mass is 16.6. The zero-order valence-corrected chi connectivity index (χ0v) is 11.9. The molecule has 108 valence electrons. The van der Waals surface area contributed by atoms with E-state index >= 15 is 0 Å². The van der Waals surface area contributed by atoms with Crippen LogP contribution < -0.4 is 0 Å². The molecule has 1 aliphatic carbocycles. The Morgan fingerprint density at radius 1 is 1.21 bits per heavy atom. The number of amides is 1. The Labute approximate surface area is 112 Å². The van der Waals surface area contributed by atoms with Crippen LogP contribution in [0.25, 0.3) is 0 Å². The van der Waals surface area contributed by atoms with Crippen LogP contribution >= 0.6 is 0 Å². The summed E-state index contributed by atoms with van der Waals surface area (Å²) < 4.78 is 10.7. The number of piperidine rings is 2. The van der Waals surface area contributed by atoms with Crippen LogP contribution in [0.1, 0.15) is 33.6 Å². The van der Waals surface area contributed by atoms with Crippen LogP contribution in [0.15, 0.2) is 0 Å². The quantitative estimate of drug-likeness (QED) is 0.823. The average molecular weight is 271 g/mol. The summed E-state index contributed by atoms with van der Waals surface area (Å²) in [5.41, 5.74) is -1.98. The second-order valence-electron chi connectivity index (χ2n) is 6.66. The minimum Gasteiger partial charge on any atom is -0.481 e. The molecule has 19 heavy (non-hydrogen) atoms. The summed E-state index contributed by atoms with van der Waals surface area (Å²) in [6.07, 6.45) is 0.454. The van der Waals surface area contributed by atoms with Crippen LogP contribution in [0.3, 0.4) is 0 Å². The number of nitrogens with zero attached hydrogens (tertiary/aromatic N) is 1. The Balaban J connectivity index is 2.12. The fourth-order valence-corrected chi connectivity index (χ4v) is 3.06. The standard InChI is InChI=1S/C13H21NO5/c1-11(2,3)19-10(17)14-7-12(9(15)16)5-13(6-12,8-14)18-4/h5-8H2,1-4H3,(H,15,16). The van der Waals surface area contributed by atoms with E-state index in [1.807, 2.05) is 0 Å². The molecule has 0 spiro atoms. The van der Waals surface area contributed by atoms with E-state index in [-0.39, 0.29) is 6.54 Å². The van der Waals surface area contributed by atoms with E-state index in [1.54, 1.807) is 27.9 Å². The Morgan fingerprint density at radius 3 is 2.21 bits per heavy atom. The Morgan fingerprint density at radius 2 is 1.79 bits per heavy atom. The molecular weight excluding hydrogens is 250 g/mol. The Hall–Kier alpha value is -1.30. The van der Waals surface area contributed by atoms with Gasteiger partial charge in [0.15, 0.2) is 0 Å². The molecule has 1 N–H and O–H groups in total. The molecule has 0 aromatic rings. The maximum absolute atomic E-state index is 12.1. The van der Waals surface area contributed by atoms with E-state index in [1.165, 1.54) is 4.90 Å². The van der Waals surface area contributed by atoms with Gasteiger partial charge >= 0.3 is 12.1 Å². The molecule has 2 bridgehead atoms. The van der Waals surface area contributed by atoms with E-state index in [0.717, 1.165) is 0 Å². The summed E-state index contributed by atoms with van der Waals surface area (Å²) in [6, 6.07) is 0. The third-order valence-corrected chi connectivity index (χ3v) is 3.83. The predicted octanol–water partition coefficient (Wildman–Crippen LogP) is 1.49. The van der Waals surface area contributed by atoms with E-state index in [2.05, 4.69) is 0 Å². The van der Waals surface area contributed by atoms with Crippen molar-refractivity contribution in [1.29, 1.82) is 0 Å². The molecule has 0 atom stereocenters. The van der Waals surface area contributed by atoms with Gasteiger partial charge in [0.05, 0.1) is 17.6 Å². The highest BCUT2D eigenvalue weighted by Gasteiger charge is 2.65. The van der Waals surface area contributed by atoms with E-state index in [9.17, 15) is 14.7 Å². The largest absolute Gasteiger partial charge is 0.481 e. The van der Waals surface area contributed by atoms with Crippen LogP contribution in [0.4, 0.5) is 4.79 Å². The minimum atomic E-state index is -0.870. The van der Waals surface area contributed by atoms with Gasteiger partial charge in [0.25, 0.3) is 0 Å². The normalized spacial score (nSPS) is 33.6. The van der Waals surface area contributed by atoms with E-state index in [4.69, 9.17) is 9.47 Å². The number of ether oxygens (including phenoxy) is 2. The number of carboxylic acids is 1. The van der Waals surface area contributed by atoms with Gasteiger partial charge in [-0.3, -0.25) is 4.79 Å². The topological polar surface area (TPSA) is 76.1 Å². The monoisotopic (exact) mass is 271 g/mol. The Bertz CT molecular complexity index is 406. The highest BCUT2D eigenvalue weighted by molar-refractivity contribution is 5.79. The van der Waals surface area contributed by atoms with Crippen molar-refractivity contribution in [2.24, 2.45) is 5.41 Å². The smallest absolute Gasteiger partial charge is 0.410 e. The number of aliphatic carboxylic acids is 1. The molecule has 6 nitrogen and oxygen atoms in total. The second kappa shape index (κ2) is 4.10. The lowest BCUT2D eigenvalue weighted by Crippen LogP contribution is -2.71. The molecule has 1 amide bonds. The third kappa shape index (κ3) is 2.41. The van der Waals surface area contributed by atoms with Gasteiger partial charge < -0.3 is 19.5 Å². The summed E-state index contributed by atoms with van der Waals surface area (Å²) >= 11 is 0. The number of carbonyl (C=O) groups excluding carboxylic acids is 1. The molecule has 0 unspecified atom stereocenters. The van der Waals surface area contributed by atoms with E-state index < -0.39 is 28.7 Å². The second-order valence-corrected chi connectivity index (χ2v) is 6.66. The van der Waals surface area contributed by atoms with Crippen LogP contribution in [-0.4, -0.2) is 53.5 Å². The number of carboxylic acid groups (broad SMARTS) is 1. The minimum absolute atomic E-state index is 0.197. The fourth-order valence-electron chi connectivity index (χ4n) is 3.06. The maximum atomic E-state index is 12.1. The molecule has 3 rings (SSSR count). The number of rotatable bonds is 2. The van der Waals surface area contributed by atoms with Crippen molar-refractivity contribution in [2.45, 2.75) is 44.8 Å². The van der Waals surface area contributed by atoms with Crippen molar-refractivity contribution in [1.82, 2.24) is 4.90 Å². The lowest BCUT2D eigenvalue weighted by atomic mass is 9.56. The van der Waals surface area contributed by atoms with Gasteiger partial charge in [0.2, 0.25) is 0 Å². The number of carbonyl (C=O) groups is 2. The van der Waals surface area contributed by atoms with Gasteiger partial charge in [-0.2, -0.15) is 0 Å². The zero-order valence-electron chi connectivity index (χ0n) is 11.9. The first kappa shape index (κ1) is 14.1. The first-order chi connectivity index (χ1) is 8.61. The summed E-state index contributed by atoms with van der Waals surface area (Å²) in [4.78, 5) is 24.9. The summed E-state index contributed by atoms with van der Waals surface area (Å²) in [5.74, 6) is -0.867. The first-order valence-corrected chi connectivity index (χ1v) is 6.38. The summed E-state index contributed by atoms with van der Waals surface area (Å²) in [6.45, 7) is 5.95. The molecule has 3 fully saturated rings. The zero-order chi connectivity index (χ0) is 14.5. The predicted molar refractivity (Wildman–Crippen MR) is 66.8 cm³/mol. The van der Waals surface area contributed by atoms with Crippen molar-refractivity contribution in [2.75, 3.05) is 20.2 Å². The van der Waals surface area contributed by atoms with Gasteiger partial charge in [-0.05, 0) is 33.6 Å². The van der Waals surface area contributed by atoms with Crippen molar-refractivity contribution < 1.29 is 24.2 Å². The number of fused-ring (bicyclic) bond motifs is 2. The van der Waals surface area contributed by atoms with E-state index in [0.29, 0.717) is 19.4 Å². The van der Waals surface area contributed by atoms with Gasteiger partial charge in [-0.15, -0.1) is 0 Å². The van der Waals surface area contributed by atoms with Crippen molar-refractivity contribution in [3.05, 3.63) is 0 Å². The van der Waals surface area contributed by atoms with Crippen LogP contribution in [0.2, 0.25) is 0 Å². The summed E-state index contributed by atoms with van der Waals surface area (Å²) in [7, 11) is 1.56. The molecule has 0 radical (unpaired) electrons. The molecule has 1 saturated carbocycles.